The van der Waals surface area contributed by atoms with Crippen LogP contribution in [0.2, 0.25) is 0 Å². The van der Waals surface area contributed by atoms with Gasteiger partial charge in [-0.2, -0.15) is 0 Å². The summed E-state index contributed by atoms with van der Waals surface area (Å²) in [5, 5.41) is 4.35. The zero-order valence-electron chi connectivity index (χ0n) is 33.4. The molecule has 0 atom stereocenters. The third kappa shape index (κ3) is 6.23. The molecule has 0 saturated carbocycles. The molecule has 290 valence electrons. The van der Waals surface area contributed by atoms with Gasteiger partial charge < -0.3 is 8.83 Å². The Bertz CT molecular complexity index is 3410. The average molecular weight is 794 g/mol. The van der Waals surface area contributed by atoms with Gasteiger partial charge in [0.05, 0.1) is 0 Å². The van der Waals surface area contributed by atoms with Crippen LogP contribution in [0, 0.1) is 0 Å². The van der Waals surface area contributed by atoms with Gasteiger partial charge in [-0.15, -0.1) is 0 Å². The normalized spacial score (nSPS) is 11.5. The molecule has 62 heavy (non-hydrogen) atoms. The standard InChI is InChI=1S/C57H35N3O2/c1-3-15-36(16-4-1)43-19-7-9-23-49(43)56-58-55(59-57(60-56)50-24-10-8-20-44(50)37-17-5-2-6-18-37)42-32-40(38-27-29-47-45-21-11-13-25-51(45)61-53(47)34-38)31-41(33-42)39-28-30-48-46-22-12-14-26-52(46)62-54(48)35-39/h1-35H. The van der Waals surface area contributed by atoms with Gasteiger partial charge >= 0.3 is 0 Å². The molecule has 0 saturated heterocycles. The molecule has 0 fully saturated rings. The van der Waals surface area contributed by atoms with E-state index in [0.29, 0.717) is 17.5 Å². The van der Waals surface area contributed by atoms with Gasteiger partial charge in [-0.3, -0.25) is 0 Å². The lowest BCUT2D eigenvalue weighted by Crippen LogP contribution is -2.02. The van der Waals surface area contributed by atoms with Crippen molar-refractivity contribution in [3.63, 3.8) is 0 Å². The van der Waals surface area contributed by atoms with Crippen molar-refractivity contribution in [1.29, 1.82) is 0 Å². The Morgan fingerprint density at radius 1 is 0.226 bits per heavy atom. The molecule has 0 aliphatic heterocycles. The second-order valence-electron chi connectivity index (χ2n) is 15.5. The van der Waals surface area contributed by atoms with E-state index in [0.717, 1.165) is 105 Å². The Kier molecular flexibility index (Phi) is 8.42. The topological polar surface area (TPSA) is 65.0 Å². The maximum atomic E-state index is 6.40. The quantitative estimate of drug-likeness (QED) is 0.161. The molecule has 3 heterocycles. The number of hydrogen-bond donors (Lipinski definition) is 0. The first-order valence-electron chi connectivity index (χ1n) is 20.7. The first kappa shape index (κ1) is 35.5. The largest absolute Gasteiger partial charge is 0.456 e. The van der Waals surface area contributed by atoms with E-state index in [2.05, 4.69) is 152 Å². The monoisotopic (exact) mass is 793 g/mol. The maximum absolute atomic E-state index is 6.40. The highest BCUT2D eigenvalue weighted by molar-refractivity contribution is 6.07. The summed E-state index contributed by atoms with van der Waals surface area (Å²) < 4.78 is 12.8. The molecule has 0 aliphatic rings. The van der Waals surface area contributed by atoms with E-state index in [1.54, 1.807) is 0 Å². The summed E-state index contributed by atoms with van der Waals surface area (Å²) in [7, 11) is 0. The molecular weight excluding hydrogens is 759 g/mol. The molecule has 0 spiro atoms. The van der Waals surface area contributed by atoms with Crippen LogP contribution in [0.15, 0.2) is 221 Å². The Morgan fingerprint density at radius 2 is 0.597 bits per heavy atom. The minimum atomic E-state index is 0.563. The lowest BCUT2D eigenvalue weighted by Gasteiger charge is -2.15. The van der Waals surface area contributed by atoms with Gasteiger partial charge in [-0.1, -0.05) is 158 Å². The van der Waals surface area contributed by atoms with Crippen LogP contribution in [0.25, 0.3) is 123 Å². The molecule has 0 N–H and O–H groups in total. The van der Waals surface area contributed by atoms with Crippen molar-refractivity contribution < 1.29 is 8.83 Å². The Hall–Kier alpha value is -8.41. The number of rotatable bonds is 7. The summed E-state index contributed by atoms with van der Waals surface area (Å²) in [5.41, 5.74) is 14.4. The van der Waals surface area contributed by atoms with Crippen LogP contribution in [0.5, 0.6) is 0 Å². The molecular formula is C57H35N3O2. The van der Waals surface area contributed by atoms with Crippen LogP contribution < -0.4 is 0 Å². The van der Waals surface area contributed by atoms with Crippen molar-refractivity contribution >= 4 is 43.9 Å². The van der Waals surface area contributed by atoms with E-state index < -0.39 is 0 Å². The molecule has 5 heteroatoms. The summed E-state index contributed by atoms with van der Waals surface area (Å²) >= 11 is 0. The molecule has 12 rings (SSSR count). The van der Waals surface area contributed by atoms with E-state index in [1.165, 1.54) is 0 Å². The van der Waals surface area contributed by atoms with Crippen molar-refractivity contribution in [1.82, 2.24) is 15.0 Å². The number of aromatic nitrogens is 3. The maximum Gasteiger partial charge on any atom is 0.164 e. The van der Waals surface area contributed by atoms with E-state index in [4.69, 9.17) is 23.8 Å². The summed E-state index contributed by atoms with van der Waals surface area (Å²) in [6.07, 6.45) is 0. The summed E-state index contributed by atoms with van der Waals surface area (Å²) in [6.45, 7) is 0. The number of furan rings is 2. The minimum Gasteiger partial charge on any atom is -0.456 e. The fraction of sp³-hybridized carbons (Fsp3) is 0. The Morgan fingerprint density at radius 3 is 1.08 bits per heavy atom. The lowest BCUT2D eigenvalue weighted by molar-refractivity contribution is 0.668. The van der Waals surface area contributed by atoms with Crippen LogP contribution in [-0.2, 0) is 0 Å². The predicted molar refractivity (Wildman–Crippen MR) is 252 cm³/mol. The van der Waals surface area contributed by atoms with Gasteiger partial charge in [-0.25, -0.2) is 15.0 Å². The van der Waals surface area contributed by atoms with Crippen LogP contribution in [-0.4, -0.2) is 15.0 Å². The fourth-order valence-corrected chi connectivity index (χ4v) is 8.74. The van der Waals surface area contributed by atoms with Gasteiger partial charge in [-0.05, 0) is 99.1 Å². The van der Waals surface area contributed by atoms with Crippen molar-refractivity contribution in [2.45, 2.75) is 0 Å². The molecule has 9 aromatic carbocycles. The molecule has 0 aliphatic carbocycles. The van der Waals surface area contributed by atoms with Crippen molar-refractivity contribution in [2.75, 3.05) is 0 Å². The zero-order chi connectivity index (χ0) is 41.0. The van der Waals surface area contributed by atoms with Crippen LogP contribution >= 0.6 is 0 Å². The molecule has 12 aromatic rings. The molecule has 0 unspecified atom stereocenters. The molecule has 5 nitrogen and oxygen atoms in total. The first-order chi connectivity index (χ1) is 30.7. The highest BCUT2D eigenvalue weighted by atomic mass is 16.3. The number of para-hydroxylation sites is 2. The first-order valence-corrected chi connectivity index (χ1v) is 20.7. The Labute approximate surface area is 357 Å². The average Bonchev–Trinajstić information content (AvgIpc) is 3.92. The second-order valence-corrected chi connectivity index (χ2v) is 15.5. The van der Waals surface area contributed by atoms with Gasteiger partial charge in [0.15, 0.2) is 17.5 Å². The van der Waals surface area contributed by atoms with Gasteiger partial charge in [0.25, 0.3) is 0 Å². The molecule has 0 bridgehead atoms. The van der Waals surface area contributed by atoms with Gasteiger partial charge in [0.2, 0.25) is 0 Å². The number of nitrogens with zero attached hydrogens (tertiary/aromatic N) is 3. The van der Waals surface area contributed by atoms with E-state index in [9.17, 15) is 0 Å². The molecule has 0 radical (unpaired) electrons. The van der Waals surface area contributed by atoms with E-state index in [1.807, 2.05) is 60.7 Å². The number of fused-ring (bicyclic) bond motifs is 6. The third-order valence-corrected chi connectivity index (χ3v) is 11.8. The number of hydrogen-bond acceptors (Lipinski definition) is 5. The van der Waals surface area contributed by atoms with E-state index >= 15 is 0 Å². The van der Waals surface area contributed by atoms with Gasteiger partial charge in [0, 0.05) is 38.2 Å². The lowest BCUT2D eigenvalue weighted by atomic mass is 9.94. The van der Waals surface area contributed by atoms with Crippen molar-refractivity contribution in [3.8, 4) is 78.7 Å². The van der Waals surface area contributed by atoms with Gasteiger partial charge in [0.1, 0.15) is 22.3 Å². The van der Waals surface area contributed by atoms with Crippen molar-refractivity contribution in [3.05, 3.63) is 212 Å². The predicted octanol–water partition coefficient (Wildman–Crippen LogP) is 15.3. The van der Waals surface area contributed by atoms with Crippen molar-refractivity contribution in [2.24, 2.45) is 0 Å². The fourth-order valence-electron chi connectivity index (χ4n) is 8.74. The zero-order valence-corrected chi connectivity index (χ0v) is 33.4. The highest BCUT2D eigenvalue weighted by Crippen LogP contribution is 2.40. The van der Waals surface area contributed by atoms with Crippen LogP contribution in [0.1, 0.15) is 0 Å². The summed E-state index contributed by atoms with van der Waals surface area (Å²) in [4.78, 5) is 16.0. The summed E-state index contributed by atoms with van der Waals surface area (Å²) in [6, 6.07) is 73.4. The SMILES string of the molecule is c1ccc(-c2ccccc2-c2nc(-c3cc(-c4ccc5c(c4)oc4ccccc45)cc(-c4ccc5c(c4)oc4ccccc45)c3)nc(-c3ccccc3-c3ccccc3)n2)cc1. The smallest absolute Gasteiger partial charge is 0.164 e. The molecule has 0 amide bonds. The van der Waals surface area contributed by atoms with E-state index in [-0.39, 0.29) is 0 Å². The third-order valence-electron chi connectivity index (χ3n) is 11.8. The molecule has 3 aromatic heterocycles. The number of benzene rings is 9. The second kappa shape index (κ2) is 14.7. The van der Waals surface area contributed by atoms with Crippen LogP contribution in [0.4, 0.5) is 0 Å². The Balaban J connectivity index is 1.10. The van der Waals surface area contributed by atoms with Crippen LogP contribution in [0.3, 0.4) is 0 Å². The minimum absolute atomic E-state index is 0.563. The summed E-state index contributed by atoms with van der Waals surface area (Å²) in [5.74, 6) is 1.74. The highest BCUT2D eigenvalue weighted by Gasteiger charge is 2.20.